The molecule has 2 heterocycles. The number of nitrogen functional groups attached to an aromatic ring is 1. The topological polar surface area (TPSA) is 51.4 Å². The van der Waals surface area contributed by atoms with Crippen molar-refractivity contribution in [1.29, 1.82) is 0 Å². The fraction of sp³-hybridized carbons (Fsp3) is 0.375. The molecular formula is C8H11N3O. The Morgan fingerprint density at radius 1 is 1.58 bits per heavy atom. The highest BCUT2D eigenvalue weighted by Gasteiger charge is 2.13. The van der Waals surface area contributed by atoms with E-state index in [9.17, 15) is 0 Å². The maximum Gasteiger partial charge on any atom is 0.154 e. The minimum absolute atomic E-state index is 0.718. The molecule has 0 amide bonds. The highest BCUT2D eigenvalue weighted by Crippen LogP contribution is 2.17. The molecule has 12 heavy (non-hydrogen) atoms. The molecule has 4 heteroatoms. The largest absolute Gasteiger partial charge is 0.399 e. The van der Waals surface area contributed by atoms with Gasteiger partial charge in [0.2, 0.25) is 0 Å². The lowest BCUT2D eigenvalue weighted by atomic mass is 10.4. The fourth-order valence-corrected chi connectivity index (χ4v) is 1.20. The van der Waals surface area contributed by atoms with Gasteiger partial charge in [0, 0.05) is 24.5 Å². The number of hydrogen-bond donors (Lipinski definition) is 1. The van der Waals surface area contributed by atoms with Gasteiger partial charge < -0.3 is 5.73 Å². The Kier molecular flexibility index (Phi) is 1.83. The summed E-state index contributed by atoms with van der Waals surface area (Å²) in [7, 11) is 0. The van der Waals surface area contributed by atoms with Gasteiger partial charge >= 0.3 is 0 Å². The van der Waals surface area contributed by atoms with Gasteiger partial charge in [-0.05, 0) is 12.5 Å². The van der Waals surface area contributed by atoms with Crippen LogP contribution in [0.25, 0.3) is 0 Å². The third-order valence-corrected chi connectivity index (χ3v) is 1.78. The third-order valence-electron chi connectivity index (χ3n) is 1.78. The highest BCUT2D eigenvalue weighted by molar-refractivity contribution is 5.48. The van der Waals surface area contributed by atoms with Crippen molar-refractivity contribution in [1.82, 2.24) is 4.98 Å². The van der Waals surface area contributed by atoms with Crippen molar-refractivity contribution in [3.8, 4) is 0 Å². The van der Waals surface area contributed by atoms with Crippen LogP contribution in [0.3, 0.4) is 0 Å². The first-order valence-corrected chi connectivity index (χ1v) is 3.98. The van der Waals surface area contributed by atoms with Crippen LogP contribution in [0.2, 0.25) is 0 Å². The van der Waals surface area contributed by atoms with Crippen LogP contribution in [0.1, 0.15) is 6.42 Å². The first-order valence-electron chi connectivity index (χ1n) is 3.98. The summed E-state index contributed by atoms with van der Waals surface area (Å²) in [6, 6.07) is 3.57. The van der Waals surface area contributed by atoms with Crippen molar-refractivity contribution in [2.75, 3.05) is 23.9 Å². The molecule has 0 spiro atoms. The van der Waals surface area contributed by atoms with Gasteiger partial charge in [-0.25, -0.2) is 10.0 Å². The normalized spacial score (nSPS) is 16.8. The summed E-state index contributed by atoms with van der Waals surface area (Å²) in [5.74, 6) is 0.799. The zero-order chi connectivity index (χ0) is 8.39. The Labute approximate surface area is 70.9 Å². The number of hydrogen-bond acceptors (Lipinski definition) is 4. The molecule has 1 saturated heterocycles. The molecule has 0 bridgehead atoms. The van der Waals surface area contributed by atoms with Crippen LogP contribution in [-0.2, 0) is 4.84 Å². The standard InChI is InChI=1S/C8H11N3O/c9-7-2-3-10-8(6-7)11-4-1-5-12-11/h2-3,6H,1,4-5H2,(H2,9,10). The van der Waals surface area contributed by atoms with Gasteiger partial charge in [0.1, 0.15) is 0 Å². The molecule has 2 N–H and O–H groups in total. The van der Waals surface area contributed by atoms with E-state index in [0.29, 0.717) is 0 Å². The average Bonchev–Trinajstić information content (AvgIpc) is 2.56. The molecule has 2 rings (SSSR count). The molecule has 0 saturated carbocycles. The van der Waals surface area contributed by atoms with E-state index in [1.807, 2.05) is 6.07 Å². The Morgan fingerprint density at radius 3 is 3.17 bits per heavy atom. The van der Waals surface area contributed by atoms with Crippen LogP contribution in [0.5, 0.6) is 0 Å². The van der Waals surface area contributed by atoms with Crippen molar-refractivity contribution < 1.29 is 4.84 Å². The van der Waals surface area contributed by atoms with Crippen LogP contribution in [0.4, 0.5) is 11.5 Å². The molecule has 1 fully saturated rings. The monoisotopic (exact) mass is 165 g/mol. The van der Waals surface area contributed by atoms with Crippen molar-refractivity contribution >= 4 is 11.5 Å². The number of anilines is 2. The number of aromatic nitrogens is 1. The first-order chi connectivity index (χ1) is 5.86. The number of nitrogens with zero attached hydrogens (tertiary/aromatic N) is 2. The van der Waals surface area contributed by atoms with E-state index in [0.717, 1.165) is 31.1 Å². The van der Waals surface area contributed by atoms with Crippen LogP contribution < -0.4 is 10.8 Å². The van der Waals surface area contributed by atoms with Gasteiger partial charge in [-0.2, -0.15) is 0 Å². The number of rotatable bonds is 1. The summed E-state index contributed by atoms with van der Waals surface area (Å²) >= 11 is 0. The molecule has 0 aliphatic carbocycles. The maximum absolute atomic E-state index is 5.60. The molecule has 64 valence electrons. The van der Waals surface area contributed by atoms with E-state index in [1.54, 1.807) is 17.3 Å². The van der Waals surface area contributed by atoms with Gasteiger partial charge in [0.25, 0.3) is 0 Å². The summed E-state index contributed by atoms with van der Waals surface area (Å²) in [5.41, 5.74) is 6.32. The molecule has 0 atom stereocenters. The van der Waals surface area contributed by atoms with Gasteiger partial charge in [0.05, 0.1) is 6.61 Å². The van der Waals surface area contributed by atoms with Crippen molar-refractivity contribution in [3.63, 3.8) is 0 Å². The van der Waals surface area contributed by atoms with E-state index in [1.165, 1.54) is 0 Å². The molecule has 1 aliphatic rings. The lowest BCUT2D eigenvalue weighted by Crippen LogP contribution is -2.17. The second-order valence-corrected chi connectivity index (χ2v) is 2.74. The molecule has 4 nitrogen and oxygen atoms in total. The Hall–Kier alpha value is -1.29. The van der Waals surface area contributed by atoms with Crippen LogP contribution in [0, 0.1) is 0 Å². The summed E-state index contributed by atoms with van der Waals surface area (Å²) in [6.07, 6.45) is 2.74. The molecule has 1 aromatic heterocycles. The minimum atomic E-state index is 0.718. The maximum atomic E-state index is 5.60. The average molecular weight is 165 g/mol. The number of hydroxylamine groups is 1. The molecule has 0 unspecified atom stereocenters. The minimum Gasteiger partial charge on any atom is -0.399 e. The summed E-state index contributed by atoms with van der Waals surface area (Å²) < 4.78 is 0. The molecule has 0 aromatic carbocycles. The molecule has 0 radical (unpaired) electrons. The van der Waals surface area contributed by atoms with Crippen molar-refractivity contribution in [2.45, 2.75) is 6.42 Å². The lowest BCUT2D eigenvalue weighted by Gasteiger charge is -2.14. The Morgan fingerprint density at radius 2 is 2.50 bits per heavy atom. The van der Waals surface area contributed by atoms with Crippen molar-refractivity contribution in [3.05, 3.63) is 18.3 Å². The molecular weight excluding hydrogens is 154 g/mol. The molecule has 1 aliphatic heterocycles. The third kappa shape index (κ3) is 1.33. The predicted octanol–water partition coefficient (Wildman–Crippen LogP) is 0.805. The van der Waals surface area contributed by atoms with E-state index in [2.05, 4.69) is 4.98 Å². The first kappa shape index (κ1) is 7.36. The molecule has 1 aromatic rings. The van der Waals surface area contributed by atoms with Gasteiger partial charge in [-0.3, -0.25) is 4.84 Å². The van der Waals surface area contributed by atoms with Crippen LogP contribution >= 0.6 is 0 Å². The smallest absolute Gasteiger partial charge is 0.154 e. The second kappa shape index (κ2) is 2.98. The highest BCUT2D eigenvalue weighted by atomic mass is 16.7. The summed E-state index contributed by atoms with van der Waals surface area (Å²) in [6.45, 7) is 1.67. The van der Waals surface area contributed by atoms with Crippen molar-refractivity contribution in [2.24, 2.45) is 0 Å². The van der Waals surface area contributed by atoms with E-state index < -0.39 is 0 Å². The van der Waals surface area contributed by atoms with Gasteiger partial charge in [0.15, 0.2) is 5.82 Å². The van der Waals surface area contributed by atoms with E-state index in [-0.39, 0.29) is 0 Å². The van der Waals surface area contributed by atoms with E-state index >= 15 is 0 Å². The quantitative estimate of drug-likeness (QED) is 0.669. The fourth-order valence-electron chi connectivity index (χ4n) is 1.20. The predicted molar refractivity (Wildman–Crippen MR) is 46.6 cm³/mol. The summed E-state index contributed by atoms with van der Waals surface area (Å²) in [4.78, 5) is 9.45. The van der Waals surface area contributed by atoms with Crippen LogP contribution in [-0.4, -0.2) is 18.1 Å². The number of nitrogens with two attached hydrogens (primary N) is 1. The van der Waals surface area contributed by atoms with Gasteiger partial charge in [-0.15, -0.1) is 0 Å². The SMILES string of the molecule is Nc1ccnc(N2CCCO2)c1. The number of pyridine rings is 1. The van der Waals surface area contributed by atoms with Gasteiger partial charge in [-0.1, -0.05) is 0 Å². The summed E-state index contributed by atoms with van der Waals surface area (Å²) in [5, 5.41) is 1.77. The zero-order valence-corrected chi connectivity index (χ0v) is 6.73. The Balaban J connectivity index is 2.21. The zero-order valence-electron chi connectivity index (χ0n) is 6.73. The Bertz CT molecular complexity index is 271. The van der Waals surface area contributed by atoms with Crippen LogP contribution in [0.15, 0.2) is 18.3 Å². The lowest BCUT2D eigenvalue weighted by molar-refractivity contribution is 0.166. The van der Waals surface area contributed by atoms with E-state index in [4.69, 9.17) is 10.6 Å². The second-order valence-electron chi connectivity index (χ2n) is 2.74.